The lowest BCUT2D eigenvalue weighted by molar-refractivity contribution is 0.226. The minimum Gasteiger partial charge on any atom is -0.353 e. The Morgan fingerprint density at radius 2 is 2.13 bits per heavy atom. The number of piperidine rings is 1. The fraction of sp³-hybridized carbons (Fsp3) is 0.500. The summed E-state index contributed by atoms with van der Waals surface area (Å²) < 4.78 is 24.7. The molecule has 1 fully saturated rings. The first kappa shape index (κ1) is 23.9. The molecule has 2 atom stereocenters. The van der Waals surface area contributed by atoms with Gasteiger partial charge in [-0.2, -0.15) is 11.8 Å². The first-order chi connectivity index (χ1) is 14.4. The van der Waals surface area contributed by atoms with Gasteiger partial charge in [0.1, 0.15) is 18.0 Å². The molecular formula is C20H29F2N7S. The van der Waals surface area contributed by atoms with Crippen LogP contribution < -0.4 is 10.6 Å². The van der Waals surface area contributed by atoms with Crippen LogP contribution in [0.3, 0.4) is 0 Å². The molecule has 7 nitrogen and oxygen atoms in total. The summed E-state index contributed by atoms with van der Waals surface area (Å²) in [4.78, 5) is 18.1. The number of nitrogens with two attached hydrogens (primary N) is 1. The number of anilines is 1. The van der Waals surface area contributed by atoms with Crippen LogP contribution in [0.5, 0.6) is 0 Å². The zero-order chi connectivity index (χ0) is 22.1. The minimum absolute atomic E-state index is 0.298. The van der Waals surface area contributed by atoms with Crippen molar-refractivity contribution < 1.29 is 8.78 Å². The van der Waals surface area contributed by atoms with E-state index in [2.05, 4.69) is 31.8 Å². The third-order valence-corrected chi connectivity index (χ3v) is 4.92. The number of hydrogen-bond acceptors (Lipinski definition) is 7. The highest BCUT2D eigenvalue weighted by molar-refractivity contribution is 7.97. The fourth-order valence-corrected chi connectivity index (χ4v) is 3.31. The smallest absolute Gasteiger partial charge is 0.279 e. The lowest BCUT2D eigenvalue weighted by atomic mass is 9.90. The Bertz CT molecular complexity index is 840. The molecule has 3 rings (SSSR count). The maximum Gasteiger partial charge on any atom is 0.279 e. The molecule has 0 amide bonds. The van der Waals surface area contributed by atoms with Crippen molar-refractivity contribution in [3.05, 3.63) is 30.5 Å². The van der Waals surface area contributed by atoms with Crippen molar-refractivity contribution in [2.24, 2.45) is 11.7 Å². The van der Waals surface area contributed by atoms with Gasteiger partial charge in [-0.05, 0) is 56.9 Å². The van der Waals surface area contributed by atoms with Crippen molar-refractivity contribution in [3.63, 3.8) is 0 Å². The molecule has 1 aliphatic heterocycles. The van der Waals surface area contributed by atoms with Gasteiger partial charge < -0.3 is 15.6 Å². The van der Waals surface area contributed by atoms with Crippen LogP contribution >= 0.6 is 11.8 Å². The van der Waals surface area contributed by atoms with Gasteiger partial charge >= 0.3 is 0 Å². The lowest BCUT2D eigenvalue weighted by Crippen LogP contribution is -2.46. The van der Waals surface area contributed by atoms with Crippen LogP contribution in [0.15, 0.2) is 24.7 Å². The van der Waals surface area contributed by atoms with Crippen LogP contribution in [0, 0.1) is 11.3 Å². The second-order valence-corrected chi connectivity index (χ2v) is 7.83. The third-order valence-electron chi connectivity index (χ3n) is 4.92. The molecule has 30 heavy (non-hydrogen) atoms. The summed E-state index contributed by atoms with van der Waals surface area (Å²) in [5.74, 6) is 1.65. The highest BCUT2D eigenvalue weighted by Crippen LogP contribution is 2.28. The number of nitrogens with zero attached hydrogens (tertiary/aromatic N) is 4. The number of allylic oxidation sites excluding steroid dienone is 1. The van der Waals surface area contributed by atoms with Crippen molar-refractivity contribution in [3.8, 4) is 11.4 Å². The number of H-pyrrole nitrogens is 1. The number of imidazole rings is 1. The highest BCUT2D eigenvalue weighted by Gasteiger charge is 2.28. The molecule has 10 heteroatoms. The van der Waals surface area contributed by atoms with Crippen molar-refractivity contribution in [2.45, 2.75) is 32.2 Å². The molecule has 0 bridgehead atoms. The normalized spacial score (nSPS) is 19.1. The molecule has 4 N–H and O–H groups in total. The minimum atomic E-state index is -2.80. The van der Waals surface area contributed by atoms with Crippen LogP contribution in [0.1, 0.15) is 25.6 Å². The van der Waals surface area contributed by atoms with Gasteiger partial charge in [0.2, 0.25) is 0 Å². The summed E-state index contributed by atoms with van der Waals surface area (Å²) in [5, 5.41) is 7.14. The van der Waals surface area contributed by atoms with E-state index >= 15 is 0 Å². The van der Waals surface area contributed by atoms with E-state index < -0.39 is 12.1 Å². The first-order valence-corrected chi connectivity index (χ1v) is 11.3. The monoisotopic (exact) mass is 437 g/mol. The Hall–Kier alpha value is -2.33. The summed E-state index contributed by atoms with van der Waals surface area (Å²) in [6.07, 6.45) is 8.94. The predicted molar refractivity (Wildman–Crippen MR) is 120 cm³/mol. The topological polar surface area (TPSA) is 108 Å². The van der Waals surface area contributed by atoms with E-state index in [0.717, 1.165) is 31.3 Å². The second-order valence-electron chi connectivity index (χ2n) is 7.01. The Morgan fingerprint density at radius 1 is 1.40 bits per heavy atom. The highest BCUT2D eigenvalue weighted by atomic mass is 32.2. The van der Waals surface area contributed by atoms with E-state index in [1.165, 1.54) is 12.4 Å². The molecule has 0 aromatic carbocycles. The molecular weight excluding hydrogens is 408 g/mol. The number of rotatable bonds is 6. The van der Waals surface area contributed by atoms with Crippen LogP contribution in [0.2, 0.25) is 0 Å². The number of nitrogens with one attached hydrogen (secondary N) is 2. The van der Waals surface area contributed by atoms with E-state index in [-0.39, 0.29) is 0 Å². The zero-order valence-corrected chi connectivity index (χ0v) is 18.3. The number of aromatic nitrogens is 4. The largest absolute Gasteiger partial charge is 0.353 e. The molecule has 0 spiro atoms. The maximum absolute atomic E-state index is 12.4. The number of thioether (sulfide) groups is 1. The Labute approximate surface area is 180 Å². The van der Waals surface area contributed by atoms with Gasteiger partial charge in [-0.1, -0.05) is 0 Å². The van der Waals surface area contributed by atoms with Crippen LogP contribution in [-0.2, 0) is 0 Å². The van der Waals surface area contributed by atoms with Crippen molar-refractivity contribution in [1.29, 1.82) is 5.41 Å². The fourth-order valence-electron chi connectivity index (χ4n) is 3.31. The van der Waals surface area contributed by atoms with E-state index in [9.17, 15) is 8.78 Å². The standard InChI is InChI=1S/C18H23F2N7.C2H6S/c1-11-12(8-21)3-2-6-27(11)17-7-14(24-10-25-17)15-9-23-16(26-15)5-4-13(22)18(19)20;1-3-2/h4-5,7,9-12,18,22H,2-3,6,8,21H2,1H3,(H,23,26);1-2H3/b5-4-,22-13?;. The van der Waals surface area contributed by atoms with Crippen LogP contribution in [0.25, 0.3) is 17.5 Å². The van der Waals surface area contributed by atoms with E-state index in [1.54, 1.807) is 18.0 Å². The lowest BCUT2D eigenvalue weighted by Gasteiger charge is -2.39. The third kappa shape index (κ3) is 6.33. The Morgan fingerprint density at radius 3 is 2.80 bits per heavy atom. The van der Waals surface area contributed by atoms with Gasteiger partial charge in [-0.3, -0.25) is 5.41 Å². The van der Waals surface area contributed by atoms with Gasteiger partial charge in [0, 0.05) is 18.7 Å². The van der Waals surface area contributed by atoms with Crippen molar-refractivity contribution in [2.75, 3.05) is 30.5 Å². The zero-order valence-electron chi connectivity index (χ0n) is 17.5. The average molecular weight is 438 g/mol. The van der Waals surface area contributed by atoms with E-state index in [1.807, 2.05) is 18.6 Å². The molecule has 3 heterocycles. The predicted octanol–water partition coefficient (Wildman–Crippen LogP) is 3.71. The molecule has 0 saturated carbocycles. The summed E-state index contributed by atoms with van der Waals surface area (Å²) in [7, 11) is 0. The van der Waals surface area contributed by atoms with Gasteiger partial charge in [0.05, 0.1) is 23.3 Å². The molecule has 164 valence electrons. The van der Waals surface area contributed by atoms with Gasteiger partial charge in [-0.25, -0.2) is 23.7 Å². The Balaban J connectivity index is 0.00000101. The number of halogens is 2. The summed E-state index contributed by atoms with van der Waals surface area (Å²) in [6.45, 7) is 3.73. The molecule has 2 aromatic heterocycles. The van der Waals surface area contributed by atoms with Crippen molar-refractivity contribution in [1.82, 2.24) is 19.9 Å². The van der Waals surface area contributed by atoms with Gasteiger partial charge in [0.25, 0.3) is 6.43 Å². The molecule has 2 unspecified atom stereocenters. The quantitative estimate of drug-likeness (QED) is 0.595. The molecule has 1 saturated heterocycles. The maximum atomic E-state index is 12.4. The summed E-state index contributed by atoms with van der Waals surface area (Å²) in [5.41, 5.74) is 6.45. The summed E-state index contributed by atoms with van der Waals surface area (Å²) in [6, 6.07) is 2.18. The van der Waals surface area contributed by atoms with Gasteiger partial charge in [-0.15, -0.1) is 0 Å². The Kier molecular flexibility index (Phi) is 9.38. The van der Waals surface area contributed by atoms with Crippen molar-refractivity contribution >= 4 is 29.4 Å². The molecule has 0 radical (unpaired) electrons. The van der Waals surface area contributed by atoms with Crippen LogP contribution in [-0.4, -0.2) is 63.7 Å². The van der Waals surface area contributed by atoms with E-state index in [0.29, 0.717) is 35.7 Å². The summed E-state index contributed by atoms with van der Waals surface area (Å²) >= 11 is 1.75. The van der Waals surface area contributed by atoms with Crippen LogP contribution in [0.4, 0.5) is 14.6 Å². The number of alkyl halides is 2. The number of aromatic amines is 1. The molecule has 2 aromatic rings. The second kappa shape index (κ2) is 11.8. The molecule has 0 aliphatic carbocycles. The number of hydrogen-bond donors (Lipinski definition) is 3. The molecule has 1 aliphatic rings. The van der Waals surface area contributed by atoms with E-state index in [4.69, 9.17) is 11.1 Å². The first-order valence-electron chi connectivity index (χ1n) is 9.70. The SMILES string of the molecule is CC1C(CN)CCCN1c1cc(-c2cnc(/C=C\C(=N)C(F)F)[nH]2)ncn1.CSC. The average Bonchev–Trinajstić information content (AvgIpc) is 3.22. The van der Waals surface area contributed by atoms with Gasteiger partial charge in [0.15, 0.2) is 0 Å².